The Hall–Kier alpha value is -0.830. The van der Waals surface area contributed by atoms with Crippen molar-refractivity contribution in [2.45, 2.75) is 78.7 Å². The van der Waals surface area contributed by atoms with Crippen LogP contribution in [0.25, 0.3) is 0 Å². The van der Waals surface area contributed by atoms with Crippen LogP contribution in [0.1, 0.15) is 70.6 Å². The summed E-state index contributed by atoms with van der Waals surface area (Å²) in [4.78, 5) is 0. The van der Waals surface area contributed by atoms with Crippen molar-refractivity contribution < 1.29 is 0 Å². The van der Waals surface area contributed by atoms with Gasteiger partial charge in [-0.3, -0.25) is 5.10 Å². The molecule has 120 valence electrons. The van der Waals surface area contributed by atoms with Crippen molar-refractivity contribution in [3.8, 4) is 0 Å². The van der Waals surface area contributed by atoms with Gasteiger partial charge in [0.1, 0.15) is 0 Å². The second kappa shape index (κ2) is 7.44. The fourth-order valence-electron chi connectivity index (χ4n) is 3.58. The molecule has 1 heterocycles. The molecule has 3 heteroatoms. The summed E-state index contributed by atoms with van der Waals surface area (Å²) in [5, 5.41) is 10.9. The van der Waals surface area contributed by atoms with Gasteiger partial charge in [-0.05, 0) is 68.9 Å². The predicted molar refractivity (Wildman–Crippen MR) is 89.5 cm³/mol. The topological polar surface area (TPSA) is 40.7 Å². The Morgan fingerprint density at radius 1 is 1.24 bits per heavy atom. The lowest BCUT2D eigenvalue weighted by Crippen LogP contribution is -2.30. The quantitative estimate of drug-likeness (QED) is 0.629. The first-order valence-corrected chi connectivity index (χ1v) is 8.69. The molecule has 1 aliphatic carbocycles. The highest BCUT2D eigenvalue weighted by atomic mass is 15.1. The third kappa shape index (κ3) is 5.14. The molecule has 0 aliphatic heterocycles. The molecule has 21 heavy (non-hydrogen) atoms. The molecule has 2 N–H and O–H groups in total. The summed E-state index contributed by atoms with van der Waals surface area (Å²) in [6.45, 7) is 10.4. The van der Waals surface area contributed by atoms with Crippen molar-refractivity contribution in [3.05, 3.63) is 17.5 Å². The summed E-state index contributed by atoms with van der Waals surface area (Å²) in [6.07, 6.45) is 11.2. The monoisotopic (exact) mass is 291 g/mol. The summed E-state index contributed by atoms with van der Waals surface area (Å²) in [7, 11) is 0. The molecule has 2 rings (SSSR count). The lowest BCUT2D eigenvalue weighted by molar-refractivity contribution is 0.213. The van der Waals surface area contributed by atoms with Gasteiger partial charge in [-0.2, -0.15) is 5.10 Å². The van der Waals surface area contributed by atoms with E-state index in [-0.39, 0.29) is 0 Å². The van der Waals surface area contributed by atoms with Crippen LogP contribution < -0.4 is 5.32 Å². The number of hydrogen-bond donors (Lipinski definition) is 2. The number of aromatic amines is 1. The van der Waals surface area contributed by atoms with Crippen LogP contribution in [-0.4, -0.2) is 22.8 Å². The minimum absolute atomic E-state index is 0.480. The molecule has 2 atom stereocenters. The fourth-order valence-corrected chi connectivity index (χ4v) is 3.58. The number of rotatable bonds is 5. The van der Waals surface area contributed by atoms with E-state index in [1.807, 2.05) is 6.20 Å². The van der Waals surface area contributed by atoms with Crippen molar-refractivity contribution in [2.75, 3.05) is 6.54 Å². The first kappa shape index (κ1) is 16.5. The second-order valence-electron chi connectivity index (χ2n) is 7.85. The van der Waals surface area contributed by atoms with E-state index >= 15 is 0 Å². The molecule has 1 saturated carbocycles. The number of H-pyrrole nitrogens is 1. The van der Waals surface area contributed by atoms with Gasteiger partial charge in [-0.25, -0.2) is 0 Å². The van der Waals surface area contributed by atoms with E-state index in [4.69, 9.17) is 0 Å². The normalized spacial score (nSPS) is 24.0. The van der Waals surface area contributed by atoms with Crippen molar-refractivity contribution >= 4 is 0 Å². The van der Waals surface area contributed by atoms with Crippen LogP contribution in [0.2, 0.25) is 0 Å². The highest BCUT2D eigenvalue weighted by Crippen LogP contribution is 2.36. The third-order valence-electron chi connectivity index (χ3n) is 5.18. The zero-order valence-electron chi connectivity index (χ0n) is 14.3. The lowest BCUT2D eigenvalue weighted by atomic mass is 9.76. The molecule has 0 saturated heterocycles. The van der Waals surface area contributed by atoms with Crippen LogP contribution in [0.3, 0.4) is 0 Å². The van der Waals surface area contributed by atoms with E-state index < -0.39 is 0 Å². The van der Waals surface area contributed by atoms with Gasteiger partial charge in [-0.15, -0.1) is 0 Å². The van der Waals surface area contributed by atoms with E-state index in [1.54, 1.807) is 0 Å². The number of nitrogens with one attached hydrogen (secondary N) is 2. The molecular weight excluding hydrogens is 258 g/mol. The molecule has 0 radical (unpaired) electrons. The van der Waals surface area contributed by atoms with E-state index in [0.717, 1.165) is 24.9 Å². The zero-order valence-corrected chi connectivity index (χ0v) is 14.3. The van der Waals surface area contributed by atoms with Gasteiger partial charge in [0.05, 0.1) is 6.20 Å². The van der Waals surface area contributed by atoms with Gasteiger partial charge in [0, 0.05) is 11.7 Å². The number of nitrogens with zero attached hydrogens (tertiary/aromatic N) is 1. The number of aryl methyl sites for hydroxylation is 2. The van der Waals surface area contributed by atoms with E-state index in [1.165, 1.54) is 49.8 Å². The predicted octanol–water partition coefficient (Wildman–Crippen LogP) is 4.24. The van der Waals surface area contributed by atoms with Crippen LogP contribution in [0.4, 0.5) is 0 Å². The van der Waals surface area contributed by atoms with Gasteiger partial charge in [0.25, 0.3) is 0 Å². The Balaban J connectivity index is 1.66. The Labute approximate surface area is 130 Å². The van der Waals surface area contributed by atoms with Crippen molar-refractivity contribution in [3.63, 3.8) is 0 Å². The Morgan fingerprint density at radius 3 is 2.71 bits per heavy atom. The minimum Gasteiger partial charge on any atom is -0.314 e. The molecule has 1 aromatic rings. The highest BCUT2D eigenvalue weighted by Gasteiger charge is 2.27. The second-order valence-corrected chi connectivity index (χ2v) is 7.85. The smallest absolute Gasteiger partial charge is 0.0522 e. The van der Waals surface area contributed by atoms with E-state index in [9.17, 15) is 0 Å². The molecule has 0 bridgehead atoms. The molecule has 0 amide bonds. The Bertz CT molecular complexity index is 416. The third-order valence-corrected chi connectivity index (χ3v) is 5.18. The highest BCUT2D eigenvalue weighted by molar-refractivity contribution is 5.14. The summed E-state index contributed by atoms with van der Waals surface area (Å²) in [5.74, 6) is 0.901. The van der Waals surface area contributed by atoms with Crippen molar-refractivity contribution in [2.24, 2.45) is 11.3 Å². The van der Waals surface area contributed by atoms with Crippen LogP contribution in [0.15, 0.2) is 6.20 Å². The first-order chi connectivity index (χ1) is 9.97. The SMILES string of the molecule is Cc1[nH]ncc1CCCNC1CCCC(C(C)(C)C)CC1. The molecule has 2 unspecified atom stereocenters. The summed E-state index contributed by atoms with van der Waals surface area (Å²) >= 11 is 0. The molecular formula is C18H33N3. The van der Waals surface area contributed by atoms with Gasteiger partial charge in [0.15, 0.2) is 0 Å². The maximum Gasteiger partial charge on any atom is 0.0522 e. The lowest BCUT2D eigenvalue weighted by Gasteiger charge is -2.29. The van der Waals surface area contributed by atoms with Gasteiger partial charge in [0.2, 0.25) is 0 Å². The van der Waals surface area contributed by atoms with Gasteiger partial charge < -0.3 is 5.32 Å². The van der Waals surface area contributed by atoms with Crippen LogP contribution in [0, 0.1) is 18.3 Å². The fraction of sp³-hybridized carbons (Fsp3) is 0.833. The maximum atomic E-state index is 4.09. The van der Waals surface area contributed by atoms with Gasteiger partial charge >= 0.3 is 0 Å². The van der Waals surface area contributed by atoms with E-state index in [2.05, 4.69) is 43.2 Å². The van der Waals surface area contributed by atoms with Crippen molar-refractivity contribution in [1.82, 2.24) is 15.5 Å². The minimum atomic E-state index is 0.480. The molecule has 0 aromatic carbocycles. The summed E-state index contributed by atoms with van der Waals surface area (Å²) in [6, 6.07) is 0.739. The molecule has 1 aromatic heterocycles. The average molecular weight is 291 g/mol. The summed E-state index contributed by atoms with van der Waals surface area (Å²) in [5.41, 5.74) is 3.07. The van der Waals surface area contributed by atoms with Crippen LogP contribution in [-0.2, 0) is 6.42 Å². The molecule has 0 spiro atoms. The Morgan fingerprint density at radius 2 is 2.05 bits per heavy atom. The summed E-state index contributed by atoms with van der Waals surface area (Å²) < 4.78 is 0. The maximum absolute atomic E-state index is 4.09. The Kier molecular flexibility index (Phi) is 5.86. The van der Waals surface area contributed by atoms with E-state index in [0.29, 0.717) is 5.41 Å². The first-order valence-electron chi connectivity index (χ1n) is 8.69. The molecule has 1 aliphatic rings. The molecule has 1 fully saturated rings. The van der Waals surface area contributed by atoms with Crippen LogP contribution in [0.5, 0.6) is 0 Å². The number of hydrogen-bond acceptors (Lipinski definition) is 2. The number of aromatic nitrogens is 2. The zero-order chi connectivity index (χ0) is 15.3. The van der Waals surface area contributed by atoms with Crippen molar-refractivity contribution in [1.29, 1.82) is 0 Å². The van der Waals surface area contributed by atoms with Gasteiger partial charge in [-0.1, -0.05) is 27.2 Å². The molecule has 3 nitrogen and oxygen atoms in total. The standard InChI is InChI=1S/C18H33N3/c1-14-15(13-20-21-14)7-6-12-19-17-9-5-8-16(10-11-17)18(2,3)4/h13,16-17,19H,5-12H2,1-4H3,(H,20,21). The largest absolute Gasteiger partial charge is 0.314 e. The van der Waals surface area contributed by atoms with Crippen LogP contribution >= 0.6 is 0 Å². The average Bonchev–Trinajstić information content (AvgIpc) is 2.68.